The van der Waals surface area contributed by atoms with E-state index in [1.165, 1.54) is 0 Å². The average molecular weight is 305 g/mol. The Balaban J connectivity index is 3.03. The fourth-order valence-corrected chi connectivity index (χ4v) is 3.03. The molecule has 1 unspecified atom stereocenters. The van der Waals surface area contributed by atoms with Gasteiger partial charge in [0.05, 0.1) is 0 Å². The number of carbonyl (C=O) groups excluding carboxylic acids is 1. The predicted octanol–water partition coefficient (Wildman–Crippen LogP) is 2.55. The summed E-state index contributed by atoms with van der Waals surface area (Å²) < 4.78 is 0. The van der Waals surface area contributed by atoms with E-state index in [4.69, 9.17) is 5.11 Å². The van der Waals surface area contributed by atoms with Crippen LogP contribution in [0, 0.1) is 18.8 Å². The number of amides is 1. The third-order valence-electron chi connectivity index (χ3n) is 3.33. The Morgan fingerprint density at radius 3 is 2.71 bits per heavy atom. The van der Waals surface area contributed by atoms with E-state index in [0.717, 1.165) is 23.3 Å². The summed E-state index contributed by atoms with van der Waals surface area (Å²) in [6, 6.07) is 5.83. The van der Waals surface area contributed by atoms with Gasteiger partial charge in [-0.25, -0.2) is 0 Å². The second kappa shape index (κ2) is 8.76. The highest BCUT2D eigenvalue weighted by Gasteiger charge is 2.19. The molecule has 114 valence electrons. The lowest BCUT2D eigenvalue weighted by Gasteiger charge is -2.27. The molecule has 0 aliphatic rings. The predicted molar refractivity (Wildman–Crippen MR) is 89.7 cm³/mol. The fraction of sp³-hybridized carbons (Fsp3) is 0.471. The molecule has 0 aliphatic carbocycles. The van der Waals surface area contributed by atoms with Crippen molar-refractivity contribution >= 4 is 17.7 Å². The first-order valence-electron chi connectivity index (χ1n) is 7.01. The Labute approximate surface area is 131 Å². The van der Waals surface area contributed by atoms with Crippen molar-refractivity contribution < 1.29 is 9.90 Å². The molecule has 0 saturated heterocycles. The molecule has 0 saturated carbocycles. The number of nitrogens with zero attached hydrogens (tertiary/aromatic N) is 1. The molecule has 1 rings (SSSR count). The van der Waals surface area contributed by atoms with E-state index in [2.05, 4.69) is 25.0 Å². The first-order chi connectivity index (χ1) is 10.0. The van der Waals surface area contributed by atoms with Crippen LogP contribution in [0.2, 0.25) is 0 Å². The molecular weight excluding hydrogens is 282 g/mol. The van der Waals surface area contributed by atoms with Crippen molar-refractivity contribution in [2.45, 2.75) is 26.3 Å². The van der Waals surface area contributed by atoms with Crippen molar-refractivity contribution in [1.29, 1.82) is 0 Å². The van der Waals surface area contributed by atoms with Crippen molar-refractivity contribution in [3.63, 3.8) is 0 Å². The summed E-state index contributed by atoms with van der Waals surface area (Å²) in [7, 11) is 1.86. The van der Waals surface area contributed by atoms with Gasteiger partial charge in [-0.3, -0.25) is 4.79 Å². The van der Waals surface area contributed by atoms with Crippen molar-refractivity contribution in [2.75, 3.05) is 25.7 Å². The molecule has 0 fully saturated rings. The van der Waals surface area contributed by atoms with Crippen molar-refractivity contribution in [1.82, 2.24) is 4.90 Å². The Kier molecular flexibility index (Phi) is 7.35. The summed E-state index contributed by atoms with van der Waals surface area (Å²) in [6.07, 6.45) is 2.99. The zero-order valence-electron chi connectivity index (χ0n) is 13.1. The summed E-state index contributed by atoms with van der Waals surface area (Å²) >= 11 is 1.75. The molecule has 0 aromatic heterocycles. The maximum absolute atomic E-state index is 12.6. The molecule has 0 heterocycles. The summed E-state index contributed by atoms with van der Waals surface area (Å²) in [4.78, 5) is 14.4. The van der Waals surface area contributed by atoms with E-state index in [-0.39, 0.29) is 18.6 Å². The van der Waals surface area contributed by atoms with E-state index in [9.17, 15) is 4.79 Å². The van der Waals surface area contributed by atoms with Crippen LogP contribution in [0.4, 0.5) is 0 Å². The minimum atomic E-state index is -0.178. The van der Waals surface area contributed by atoms with Gasteiger partial charge in [0.1, 0.15) is 6.61 Å². The number of hydrogen-bond acceptors (Lipinski definition) is 3. The summed E-state index contributed by atoms with van der Waals surface area (Å²) in [5.74, 6) is 6.43. The van der Waals surface area contributed by atoms with E-state index in [1.807, 2.05) is 31.0 Å². The summed E-state index contributed by atoms with van der Waals surface area (Å²) in [6.45, 7) is 3.86. The minimum absolute atomic E-state index is 0.0200. The Bertz CT molecular complexity index is 545. The zero-order valence-corrected chi connectivity index (χ0v) is 14.0. The van der Waals surface area contributed by atoms with Crippen molar-refractivity contribution in [2.24, 2.45) is 0 Å². The van der Waals surface area contributed by atoms with Gasteiger partial charge in [0, 0.05) is 30.0 Å². The minimum Gasteiger partial charge on any atom is -0.384 e. The van der Waals surface area contributed by atoms with Gasteiger partial charge in [0.2, 0.25) is 0 Å². The molecule has 1 atom stereocenters. The van der Waals surface area contributed by atoms with Gasteiger partial charge < -0.3 is 10.0 Å². The summed E-state index contributed by atoms with van der Waals surface area (Å²) in [5.41, 5.74) is 2.41. The SMILES string of the molecule is CCC(CSC)N(C)C(=O)c1cc(C)cc(C#CCO)c1. The third kappa shape index (κ3) is 5.11. The van der Waals surface area contributed by atoms with Crippen LogP contribution in [0.25, 0.3) is 0 Å². The van der Waals surface area contributed by atoms with Crippen LogP contribution in [0.5, 0.6) is 0 Å². The second-order valence-electron chi connectivity index (χ2n) is 4.98. The first-order valence-corrected chi connectivity index (χ1v) is 8.40. The van der Waals surface area contributed by atoms with Gasteiger partial charge in [-0.1, -0.05) is 18.8 Å². The van der Waals surface area contributed by atoms with E-state index in [0.29, 0.717) is 5.56 Å². The standard InChI is InChI=1S/C17H23NO2S/c1-5-16(12-21-4)18(3)17(20)15-10-13(2)9-14(11-15)7-6-8-19/h9-11,16,19H,5,8,12H2,1-4H3. The van der Waals surface area contributed by atoms with Crippen LogP contribution >= 0.6 is 11.8 Å². The van der Waals surface area contributed by atoms with Gasteiger partial charge in [-0.05, 0) is 43.4 Å². The van der Waals surface area contributed by atoms with Crippen molar-refractivity contribution in [3.05, 3.63) is 34.9 Å². The summed E-state index contributed by atoms with van der Waals surface area (Å²) in [5, 5.41) is 8.78. The average Bonchev–Trinajstić information content (AvgIpc) is 2.48. The maximum Gasteiger partial charge on any atom is 0.253 e. The number of aryl methyl sites for hydroxylation is 1. The fourth-order valence-electron chi connectivity index (χ4n) is 2.19. The number of thioether (sulfide) groups is 1. The highest BCUT2D eigenvalue weighted by molar-refractivity contribution is 7.98. The molecule has 0 radical (unpaired) electrons. The highest BCUT2D eigenvalue weighted by Crippen LogP contribution is 2.15. The van der Waals surface area contributed by atoms with E-state index >= 15 is 0 Å². The van der Waals surface area contributed by atoms with Crippen LogP contribution in [-0.4, -0.2) is 47.6 Å². The van der Waals surface area contributed by atoms with Crippen LogP contribution in [0.3, 0.4) is 0 Å². The molecular formula is C17H23NO2S. The number of benzene rings is 1. The number of hydrogen-bond donors (Lipinski definition) is 1. The molecule has 0 spiro atoms. The van der Waals surface area contributed by atoms with E-state index in [1.54, 1.807) is 17.8 Å². The van der Waals surface area contributed by atoms with Gasteiger partial charge in [0.15, 0.2) is 0 Å². The van der Waals surface area contributed by atoms with Gasteiger partial charge >= 0.3 is 0 Å². The molecule has 1 aromatic rings. The molecule has 1 N–H and O–H groups in total. The smallest absolute Gasteiger partial charge is 0.253 e. The molecule has 0 aliphatic heterocycles. The van der Waals surface area contributed by atoms with Crippen molar-refractivity contribution in [3.8, 4) is 11.8 Å². The quantitative estimate of drug-likeness (QED) is 0.850. The monoisotopic (exact) mass is 305 g/mol. The molecule has 21 heavy (non-hydrogen) atoms. The Hall–Kier alpha value is -1.44. The zero-order chi connectivity index (χ0) is 15.8. The largest absolute Gasteiger partial charge is 0.384 e. The Morgan fingerprint density at radius 2 is 2.14 bits per heavy atom. The lowest BCUT2D eigenvalue weighted by molar-refractivity contribution is 0.0743. The van der Waals surface area contributed by atoms with Crippen LogP contribution in [0.1, 0.15) is 34.8 Å². The number of aliphatic hydroxyl groups excluding tert-OH is 1. The lowest BCUT2D eigenvalue weighted by atomic mass is 10.0. The molecule has 1 amide bonds. The topological polar surface area (TPSA) is 40.5 Å². The number of rotatable bonds is 5. The number of carbonyl (C=O) groups is 1. The van der Waals surface area contributed by atoms with Crippen LogP contribution in [-0.2, 0) is 0 Å². The van der Waals surface area contributed by atoms with Crippen LogP contribution in [0.15, 0.2) is 18.2 Å². The highest BCUT2D eigenvalue weighted by atomic mass is 32.2. The maximum atomic E-state index is 12.6. The lowest BCUT2D eigenvalue weighted by Crippen LogP contribution is -2.38. The van der Waals surface area contributed by atoms with Gasteiger partial charge in [-0.2, -0.15) is 11.8 Å². The first kappa shape index (κ1) is 17.6. The van der Waals surface area contributed by atoms with Gasteiger partial charge in [-0.15, -0.1) is 0 Å². The Morgan fingerprint density at radius 1 is 1.43 bits per heavy atom. The van der Waals surface area contributed by atoms with Crippen LogP contribution < -0.4 is 0 Å². The normalized spacial score (nSPS) is 11.5. The third-order valence-corrected chi connectivity index (χ3v) is 4.05. The molecule has 0 bridgehead atoms. The van der Waals surface area contributed by atoms with E-state index < -0.39 is 0 Å². The molecule has 1 aromatic carbocycles. The molecule has 3 nitrogen and oxygen atoms in total. The van der Waals surface area contributed by atoms with Gasteiger partial charge in [0.25, 0.3) is 5.91 Å². The second-order valence-corrected chi connectivity index (χ2v) is 5.89. The number of aliphatic hydroxyl groups is 1. The molecule has 4 heteroatoms.